The smallest absolute Gasteiger partial charge is 0.340 e. The molecule has 1 aromatic heterocycles. The molecule has 2 aromatic rings. The van der Waals surface area contributed by atoms with E-state index in [0.29, 0.717) is 5.56 Å². The molecule has 0 saturated carbocycles. The van der Waals surface area contributed by atoms with E-state index in [1.54, 1.807) is 6.20 Å². The van der Waals surface area contributed by atoms with Crippen molar-refractivity contribution in [2.45, 2.75) is 19.9 Å². The Morgan fingerprint density at radius 3 is 2.70 bits per heavy atom. The number of esters is 1. The first-order valence-electron chi connectivity index (χ1n) is 6.49. The average Bonchev–Trinajstić information content (AvgIpc) is 2.73. The maximum atomic E-state index is 12.0. The van der Waals surface area contributed by atoms with Gasteiger partial charge in [-0.25, -0.2) is 4.79 Å². The van der Waals surface area contributed by atoms with Crippen LogP contribution in [-0.2, 0) is 16.6 Å². The Kier molecular flexibility index (Phi) is 4.08. The third-order valence-electron chi connectivity index (χ3n) is 2.90. The molecule has 0 fully saturated rings. The molecule has 0 unspecified atom stereocenters. The van der Waals surface area contributed by atoms with Crippen molar-refractivity contribution in [2.75, 3.05) is 6.61 Å². The van der Waals surface area contributed by atoms with Crippen LogP contribution in [0.4, 0.5) is 0 Å². The SMILES string of the molecule is CC(C)NC(=O)COC(=O)c1cn(C)c2ccccc12. The number of hydrogen-bond donors (Lipinski definition) is 1. The van der Waals surface area contributed by atoms with Gasteiger partial charge in [-0.15, -0.1) is 0 Å². The predicted octanol–water partition coefficient (Wildman–Crippen LogP) is 1.86. The number of carbonyl (C=O) groups excluding carboxylic acids is 2. The van der Waals surface area contributed by atoms with Gasteiger partial charge in [0.15, 0.2) is 6.61 Å². The van der Waals surface area contributed by atoms with Crippen LogP contribution in [0.15, 0.2) is 30.5 Å². The van der Waals surface area contributed by atoms with Gasteiger partial charge in [-0.3, -0.25) is 4.79 Å². The summed E-state index contributed by atoms with van der Waals surface area (Å²) >= 11 is 0. The summed E-state index contributed by atoms with van der Waals surface area (Å²) in [4.78, 5) is 23.5. The number of rotatable bonds is 4. The minimum atomic E-state index is -0.485. The molecule has 0 aliphatic rings. The second-order valence-corrected chi connectivity index (χ2v) is 4.97. The van der Waals surface area contributed by atoms with Crippen LogP contribution in [0.2, 0.25) is 0 Å². The first-order valence-corrected chi connectivity index (χ1v) is 6.49. The Morgan fingerprint density at radius 2 is 2.00 bits per heavy atom. The molecule has 1 N–H and O–H groups in total. The van der Waals surface area contributed by atoms with Crippen LogP contribution < -0.4 is 5.32 Å². The number of nitrogens with zero attached hydrogens (tertiary/aromatic N) is 1. The molecule has 0 radical (unpaired) electrons. The van der Waals surface area contributed by atoms with Gasteiger partial charge in [-0.05, 0) is 19.9 Å². The number of ether oxygens (including phenoxy) is 1. The number of fused-ring (bicyclic) bond motifs is 1. The molecule has 0 aliphatic carbocycles. The van der Waals surface area contributed by atoms with Gasteiger partial charge in [0.2, 0.25) is 0 Å². The fourth-order valence-corrected chi connectivity index (χ4v) is 2.08. The first-order chi connectivity index (χ1) is 9.49. The third kappa shape index (κ3) is 2.99. The maximum Gasteiger partial charge on any atom is 0.340 e. The van der Waals surface area contributed by atoms with E-state index in [1.165, 1.54) is 0 Å². The minimum absolute atomic E-state index is 0.0266. The molecule has 0 atom stereocenters. The van der Waals surface area contributed by atoms with Crippen molar-refractivity contribution >= 4 is 22.8 Å². The summed E-state index contributed by atoms with van der Waals surface area (Å²) in [6.45, 7) is 3.44. The molecule has 0 saturated heterocycles. The topological polar surface area (TPSA) is 60.3 Å². The number of nitrogens with one attached hydrogen (secondary N) is 1. The van der Waals surface area contributed by atoms with Crippen molar-refractivity contribution in [1.82, 2.24) is 9.88 Å². The Labute approximate surface area is 117 Å². The number of hydrogen-bond acceptors (Lipinski definition) is 3. The number of amides is 1. The minimum Gasteiger partial charge on any atom is -0.452 e. The zero-order valence-electron chi connectivity index (χ0n) is 11.8. The van der Waals surface area contributed by atoms with Crippen molar-refractivity contribution in [3.05, 3.63) is 36.0 Å². The van der Waals surface area contributed by atoms with E-state index >= 15 is 0 Å². The number of carbonyl (C=O) groups is 2. The molecule has 5 heteroatoms. The molecule has 0 spiro atoms. The van der Waals surface area contributed by atoms with Gasteiger partial charge in [0.05, 0.1) is 5.56 Å². The van der Waals surface area contributed by atoms with Gasteiger partial charge >= 0.3 is 5.97 Å². The van der Waals surface area contributed by atoms with Crippen LogP contribution in [0, 0.1) is 0 Å². The predicted molar refractivity (Wildman–Crippen MR) is 76.5 cm³/mol. The second-order valence-electron chi connectivity index (χ2n) is 4.97. The molecule has 1 aromatic carbocycles. The van der Waals surface area contributed by atoms with Crippen LogP contribution in [0.1, 0.15) is 24.2 Å². The summed E-state index contributed by atoms with van der Waals surface area (Å²) in [5, 5.41) is 3.49. The van der Waals surface area contributed by atoms with Crippen LogP contribution in [0.5, 0.6) is 0 Å². The summed E-state index contributed by atoms with van der Waals surface area (Å²) < 4.78 is 6.91. The summed E-state index contributed by atoms with van der Waals surface area (Å²) in [5.41, 5.74) is 1.42. The Hall–Kier alpha value is -2.30. The number of para-hydroxylation sites is 1. The third-order valence-corrected chi connectivity index (χ3v) is 2.90. The maximum absolute atomic E-state index is 12.0. The van der Waals surface area contributed by atoms with Crippen LogP contribution in [0.25, 0.3) is 10.9 Å². The second kappa shape index (κ2) is 5.77. The van der Waals surface area contributed by atoms with E-state index in [9.17, 15) is 9.59 Å². The molecule has 1 amide bonds. The molecule has 106 valence electrons. The molecular formula is C15H18N2O3. The molecule has 5 nitrogen and oxygen atoms in total. The van der Waals surface area contributed by atoms with Crippen LogP contribution in [-0.4, -0.2) is 29.1 Å². The lowest BCUT2D eigenvalue weighted by Gasteiger charge is -2.08. The van der Waals surface area contributed by atoms with Crippen LogP contribution in [0.3, 0.4) is 0 Å². The zero-order chi connectivity index (χ0) is 14.7. The number of benzene rings is 1. The van der Waals surface area contributed by atoms with Crippen molar-refractivity contribution in [1.29, 1.82) is 0 Å². The number of aryl methyl sites for hydroxylation is 1. The fraction of sp³-hybridized carbons (Fsp3) is 0.333. The van der Waals surface area contributed by atoms with Gasteiger partial charge in [0.1, 0.15) is 0 Å². The van der Waals surface area contributed by atoms with E-state index < -0.39 is 5.97 Å². The average molecular weight is 274 g/mol. The Balaban J connectivity index is 2.10. The largest absolute Gasteiger partial charge is 0.452 e. The standard InChI is InChI=1S/C15H18N2O3/c1-10(2)16-14(18)9-20-15(19)12-8-17(3)13-7-5-4-6-11(12)13/h4-8,10H,9H2,1-3H3,(H,16,18). The molecule has 2 rings (SSSR count). The first kappa shape index (κ1) is 14.1. The lowest BCUT2D eigenvalue weighted by Crippen LogP contribution is -2.33. The van der Waals surface area contributed by atoms with Crippen molar-refractivity contribution in [2.24, 2.45) is 7.05 Å². The quantitative estimate of drug-likeness (QED) is 0.866. The lowest BCUT2D eigenvalue weighted by atomic mass is 10.2. The van der Waals surface area contributed by atoms with Gasteiger partial charge in [-0.2, -0.15) is 0 Å². The highest BCUT2D eigenvalue weighted by Gasteiger charge is 2.16. The van der Waals surface area contributed by atoms with E-state index in [2.05, 4.69) is 5.32 Å². The zero-order valence-corrected chi connectivity index (χ0v) is 11.8. The molecule has 0 bridgehead atoms. The Bertz CT molecular complexity index is 644. The van der Waals surface area contributed by atoms with E-state index in [-0.39, 0.29) is 18.6 Å². The molecule has 1 heterocycles. The Morgan fingerprint density at radius 1 is 1.30 bits per heavy atom. The summed E-state index contributed by atoms with van der Waals surface area (Å²) in [6, 6.07) is 7.59. The van der Waals surface area contributed by atoms with Crippen LogP contribution >= 0.6 is 0 Å². The number of aromatic nitrogens is 1. The van der Waals surface area contributed by atoms with Crippen molar-refractivity contribution in [3.63, 3.8) is 0 Å². The van der Waals surface area contributed by atoms with Crippen molar-refractivity contribution in [3.8, 4) is 0 Å². The fourth-order valence-electron chi connectivity index (χ4n) is 2.08. The van der Waals surface area contributed by atoms with E-state index in [0.717, 1.165) is 10.9 Å². The molecular weight excluding hydrogens is 256 g/mol. The highest BCUT2D eigenvalue weighted by atomic mass is 16.5. The molecule has 20 heavy (non-hydrogen) atoms. The van der Waals surface area contributed by atoms with E-state index in [1.807, 2.05) is 49.7 Å². The van der Waals surface area contributed by atoms with Gasteiger partial charge in [0.25, 0.3) is 5.91 Å². The highest BCUT2D eigenvalue weighted by molar-refractivity contribution is 6.04. The van der Waals surface area contributed by atoms with Gasteiger partial charge in [-0.1, -0.05) is 18.2 Å². The van der Waals surface area contributed by atoms with Gasteiger partial charge < -0.3 is 14.6 Å². The summed E-state index contributed by atoms with van der Waals surface area (Å²) in [7, 11) is 1.87. The lowest BCUT2D eigenvalue weighted by molar-refractivity contribution is -0.124. The van der Waals surface area contributed by atoms with E-state index in [4.69, 9.17) is 4.74 Å². The summed E-state index contributed by atoms with van der Waals surface area (Å²) in [5.74, 6) is -0.783. The van der Waals surface area contributed by atoms with Gasteiger partial charge in [0, 0.05) is 30.2 Å². The normalized spacial score (nSPS) is 10.8. The molecule has 0 aliphatic heterocycles. The monoisotopic (exact) mass is 274 g/mol. The summed E-state index contributed by atoms with van der Waals surface area (Å²) in [6.07, 6.45) is 1.72. The van der Waals surface area contributed by atoms with Crippen molar-refractivity contribution < 1.29 is 14.3 Å². The highest BCUT2D eigenvalue weighted by Crippen LogP contribution is 2.20.